The molecule has 7 heteroatoms. The Morgan fingerprint density at radius 2 is 1.50 bits per heavy atom. The number of hydrogen-bond donors (Lipinski definition) is 1. The lowest BCUT2D eigenvalue weighted by atomic mass is 10.1. The van der Waals surface area contributed by atoms with Crippen LogP contribution in [0.15, 0.2) is 85.2 Å². The summed E-state index contributed by atoms with van der Waals surface area (Å²) < 4.78 is 0. The van der Waals surface area contributed by atoms with Crippen molar-refractivity contribution in [2.75, 3.05) is 36.4 Å². The lowest BCUT2D eigenvalue weighted by Gasteiger charge is -2.34. The number of nitrogens with one attached hydrogen (secondary N) is 1. The number of carbonyl (C=O) groups is 2. The van der Waals surface area contributed by atoms with Crippen molar-refractivity contribution in [1.29, 1.82) is 0 Å². The Morgan fingerprint density at radius 3 is 2.24 bits per heavy atom. The smallest absolute Gasteiger partial charge is 0.255 e. The van der Waals surface area contributed by atoms with Crippen LogP contribution < -0.4 is 10.2 Å². The fourth-order valence-electron chi connectivity index (χ4n) is 4.14. The Balaban J connectivity index is 1.15. The highest BCUT2D eigenvalue weighted by Crippen LogP contribution is 2.18. The van der Waals surface area contributed by atoms with E-state index in [1.807, 2.05) is 71.6 Å². The van der Waals surface area contributed by atoms with E-state index >= 15 is 0 Å². The van der Waals surface area contributed by atoms with E-state index in [0.717, 1.165) is 29.4 Å². The predicted molar refractivity (Wildman–Crippen MR) is 133 cm³/mol. The van der Waals surface area contributed by atoms with Gasteiger partial charge in [-0.2, -0.15) is 0 Å². The van der Waals surface area contributed by atoms with Crippen molar-refractivity contribution in [1.82, 2.24) is 14.9 Å². The molecule has 1 aliphatic heterocycles. The number of nitrogens with zero attached hydrogens (tertiary/aromatic N) is 4. The molecule has 0 saturated carbocycles. The molecule has 1 aromatic heterocycles. The summed E-state index contributed by atoms with van der Waals surface area (Å²) in [5.41, 5.74) is 2.23. The largest absolute Gasteiger partial charge is 0.339 e. The second-order valence-corrected chi connectivity index (χ2v) is 8.31. The van der Waals surface area contributed by atoms with E-state index in [-0.39, 0.29) is 11.8 Å². The Labute approximate surface area is 198 Å². The predicted octanol–water partition coefficient (Wildman–Crippen LogP) is 3.77. The topological polar surface area (TPSA) is 78.4 Å². The summed E-state index contributed by atoms with van der Waals surface area (Å²) in [6.07, 6.45) is 3.79. The van der Waals surface area contributed by atoms with Gasteiger partial charge in [-0.15, -0.1) is 0 Å². The molecule has 170 valence electrons. The molecule has 2 amide bonds. The molecule has 5 rings (SSSR count). The molecule has 2 heterocycles. The Bertz CT molecular complexity index is 1300. The second-order valence-electron chi connectivity index (χ2n) is 8.31. The van der Waals surface area contributed by atoms with E-state index in [0.29, 0.717) is 36.7 Å². The zero-order valence-electron chi connectivity index (χ0n) is 18.7. The molecule has 1 fully saturated rings. The molecule has 34 heavy (non-hydrogen) atoms. The number of rotatable bonds is 5. The summed E-state index contributed by atoms with van der Waals surface area (Å²) in [5.74, 6) is 0.646. The Hall–Kier alpha value is -4.26. The van der Waals surface area contributed by atoms with Gasteiger partial charge in [0.05, 0.1) is 6.42 Å². The molecule has 0 aliphatic carbocycles. The molecule has 1 aliphatic rings. The average molecular weight is 452 g/mol. The first-order chi connectivity index (χ1) is 16.7. The molecule has 1 saturated heterocycles. The molecule has 0 unspecified atom stereocenters. The van der Waals surface area contributed by atoms with Crippen LogP contribution in [0.3, 0.4) is 0 Å². The van der Waals surface area contributed by atoms with Gasteiger partial charge in [0, 0.05) is 49.8 Å². The van der Waals surface area contributed by atoms with Crippen LogP contribution in [0.5, 0.6) is 0 Å². The van der Waals surface area contributed by atoms with Gasteiger partial charge >= 0.3 is 0 Å². The summed E-state index contributed by atoms with van der Waals surface area (Å²) in [7, 11) is 0. The third kappa shape index (κ3) is 4.88. The highest BCUT2D eigenvalue weighted by atomic mass is 16.2. The van der Waals surface area contributed by atoms with Crippen LogP contribution in [-0.4, -0.2) is 52.9 Å². The lowest BCUT2D eigenvalue weighted by Crippen LogP contribution is -2.49. The van der Waals surface area contributed by atoms with E-state index in [9.17, 15) is 9.59 Å². The van der Waals surface area contributed by atoms with E-state index in [4.69, 9.17) is 0 Å². The first kappa shape index (κ1) is 21.6. The van der Waals surface area contributed by atoms with Gasteiger partial charge in [0.1, 0.15) is 0 Å². The standard InChI is InChI=1S/C27H25N5O2/c33-25(31-14-16-32(17-15-31)27-28-12-3-13-29-27)18-20-6-10-24(11-7-20)30-26(34)23-9-8-21-4-1-2-5-22(21)19-23/h1-13,19H,14-18H2,(H,30,34). The van der Waals surface area contributed by atoms with Crippen LogP contribution in [-0.2, 0) is 11.2 Å². The maximum atomic E-state index is 12.8. The molecule has 0 bridgehead atoms. The van der Waals surface area contributed by atoms with Gasteiger partial charge in [0.15, 0.2) is 0 Å². The van der Waals surface area contributed by atoms with Gasteiger partial charge in [-0.3, -0.25) is 9.59 Å². The molecular weight excluding hydrogens is 426 g/mol. The molecule has 1 N–H and O–H groups in total. The van der Waals surface area contributed by atoms with Crippen LogP contribution in [0.1, 0.15) is 15.9 Å². The van der Waals surface area contributed by atoms with Crippen molar-refractivity contribution in [3.8, 4) is 0 Å². The summed E-state index contributed by atoms with van der Waals surface area (Å²) in [6, 6.07) is 22.9. The molecule has 3 aromatic carbocycles. The van der Waals surface area contributed by atoms with E-state index in [2.05, 4.69) is 20.2 Å². The van der Waals surface area contributed by atoms with E-state index in [1.54, 1.807) is 18.5 Å². The fourth-order valence-corrected chi connectivity index (χ4v) is 4.14. The average Bonchev–Trinajstić information content (AvgIpc) is 2.90. The zero-order valence-corrected chi connectivity index (χ0v) is 18.7. The maximum absolute atomic E-state index is 12.8. The van der Waals surface area contributed by atoms with E-state index in [1.165, 1.54) is 0 Å². The molecule has 4 aromatic rings. The van der Waals surface area contributed by atoms with Crippen LogP contribution >= 0.6 is 0 Å². The summed E-state index contributed by atoms with van der Waals surface area (Å²) in [6.45, 7) is 2.74. The van der Waals surface area contributed by atoms with Gasteiger partial charge in [-0.05, 0) is 46.7 Å². The summed E-state index contributed by atoms with van der Waals surface area (Å²) in [4.78, 5) is 38.0. The van der Waals surface area contributed by atoms with Gasteiger partial charge in [-0.25, -0.2) is 9.97 Å². The highest BCUT2D eigenvalue weighted by Gasteiger charge is 2.22. The second kappa shape index (κ2) is 9.70. The lowest BCUT2D eigenvalue weighted by molar-refractivity contribution is -0.130. The molecule has 7 nitrogen and oxygen atoms in total. The Kier molecular flexibility index (Phi) is 6.16. The number of carbonyl (C=O) groups excluding carboxylic acids is 2. The van der Waals surface area contributed by atoms with Crippen molar-refractivity contribution < 1.29 is 9.59 Å². The third-order valence-corrected chi connectivity index (χ3v) is 6.05. The van der Waals surface area contributed by atoms with Gasteiger partial charge in [-0.1, -0.05) is 42.5 Å². The number of hydrogen-bond acceptors (Lipinski definition) is 5. The molecule has 0 atom stereocenters. The normalized spacial score (nSPS) is 13.6. The summed E-state index contributed by atoms with van der Waals surface area (Å²) in [5, 5.41) is 5.06. The quantitative estimate of drug-likeness (QED) is 0.500. The minimum atomic E-state index is -0.158. The van der Waals surface area contributed by atoms with Crippen molar-refractivity contribution in [2.24, 2.45) is 0 Å². The number of anilines is 2. The number of aromatic nitrogens is 2. The minimum Gasteiger partial charge on any atom is -0.339 e. The van der Waals surface area contributed by atoms with Crippen LogP contribution in [0.25, 0.3) is 10.8 Å². The van der Waals surface area contributed by atoms with Gasteiger partial charge < -0.3 is 15.1 Å². The van der Waals surface area contributed by atoms with Crippen molar-refractivity contribution in [3.05, 3.63) is 96.3 Å². The van der Waals surface area contributed by atoms with Crippen LogP contribution in [0.4, 0.5) is 11.6 Å². The van der Waals surface area contributed by atoms with Crippen molar-refractivity contribution in [2.45, 2.75) is 6.42 Å². The maximum Gasteiger partial charge on any atom is 0.255 e. The molecule has 0 radical (unpaired) electrons. The van der Waals surface area contributed by atoms with Crippen LogP contribution in [0.2, 0.25) is 0 Å². The monoisotopic (exact) mass is 451 g/mol. The van der Waals surface area contributed by atoms with Crippen molar-refractivity contribution >= 4 is 34.2 Å². The highest BCUT2D eigenvalue weighted by molar-refractivity contribution is 6.06. The first-order valence-electron chi connectivity index (χ1n) is 11.3. The number of fused-ring (bicyclic) bond motifs is 1. The molecular formula is C27H25N5O2. The van der Waals surface area contributed by atoms with Crippen molar-refractivity contribution in [3.63, 3.8) is 0 Å². The van der Waals surface area contributed by atoms with Gasteiger partial charge in [0.2, 0.25) is 11.9 Å². The minimum absolute atomic E-state index is 0.0987. The van der Waals surface area contributed by atoms with Crippen LogP contribution in [0, 0.1) is 0 Å². The number of amides is 2. The zero-order chi connectivity index (χ0) is 23.3. The Morgan fingerprint density at radius 1 is 0.794 bits per heavy atom. The van der Waals surface area contributed by atoms with E-state index < -0.39 is 0 Å². The summed E-state index contributed by atoms with van der Waals surface area (Å²) >= 11 is 0. The fraction of sp³-hybridized carbons (Fsp3) is 0.185. The SMILES string of the molecule is O=C(Nc1ccc(CC(=O)N2CCN(c3ncccn3)CC2)cc1)c1ccc2ccccc2c1. The first-order valence-corrected chi connectivity index (χ1v) is 11.3. The van der Waals surface area contributed by atoms with Gasteiger partial charge in [0.25, 0.3) is 5.91 Å². The number of benzene rings is 3. The third-order valence-electron chi connectivity index (χ3n) is 6.05. The molecule has 0 spiro atoms. The number of piperazine rings is 1.